The minimum absolute atomic E-state index is 0.331. The Morgan fingerprint density at radius 3 is 2.93 bits per heavy atom. The molecule has 0 spiro atoms. The molecular formula is C13H22O2. The molecule has 0 aromatic rings. The first-order chi connectivity index (χ1) is 7.31. The van der Waals surface area contributed by atoms with Gasteiger partial charge in [-0.2, -0.15) is 0 Å². The normalized spacial score (nSPS) is 37.1. The van der Waals surface area contributed by atoms with Crippen molar-refractivity contribution in [2.45, 2.75) is 45.4 Å². The van der Waals surface area contributed by atoms with E-state index >= 15 is 0 Å². The summed E-state index contributed by atoms with van der Waals surface area (Å²) < 4.78 is 5.40. The van der Waals surface area contributed by atoms with Crippen molar-refractivity contribution in [2.75, 3.05) is 13.2 Å². The molecule has 2 nitrogen and oxygen atoms in total. The largest absolute Gasteiger partial charge is 0.381 e. The summed E-state index contributed by atoms with van der Waals surface area (Å²) in [4.78, 5) is 11.9. The predicted molar refractivity (Wildman–Crippen MR) is 59.7 cm³/mol. The highest BCUT2D eigenvalue weighted by atomic mass is 16.5. The zero-order valence-corrected chi connectivity index (χ0v) is 9.71. The van der Waals surface area contributed by atoms with Crippen molar-refractivity contribution in [2.24, 2.45) is 17.8 Å². The number of hydrogen-bond donors (Lipinski definition) is 0. The van der Waals surface area contributed by atoms with Gasteiger partial charge in [0.25, 0.3) is 0 Å². The van der Waals surface area contributed by atoms with Crippen molar-refractivity contribution in [1.82, 2.24) is 0 Å². The van der Waals surface area contributed by atoms with Crippen LogP contribution in [-0.4, -0.2) is 19.0 Å². The van der Waals surface area contributed by atoms with Crippen molar-refractivity contribution in [3.05, 3.63) is 0 Å². The van der Waals surface area contributed by atoms with Crippen LogP contribution in [0.3, 0.4) is 0 Å². The lowest BCUT2D eigenvalue weighted by molar-refractivity contribution is -0.127. The van der Waals surface area contributed by atoms with Gasteiger partial charge in [-0.3, -0.25) is 4.79 Å². The second-order valence-corrected chi connectivity index (χ2v) is 5.13. The zero-order chi connectivity index (χ0) is 10.7. The van der Waals surface area contributed by atoms with Gasteiger partial charge < -0.3 is 4.74 Å². The van der Waals surface area contributed by atoms with E-state index in [9.17, 15) is 4.79 Å². The van der Waals surface area contributed by atoms with E-state index in [1.807, 2.05) is 0 Å². The highest BCUT2D eigenvalue weighted by Gasteiger charge is 2.35. The molecule has 1 aliphatic heterocycles. The first-order valence-electron chi connectivity index (χ1n) is 6.41. The molecule has 3 atom stereocenters. The SMILES string of the molecule is CCCC1CCC(=O)C(C2CCOC2)C1. The molecule has 0 N–H and O–H groups in total. The van der Waals surface area contributed by atoms with Crippen LogP contribution in [0.2, 0.25) is 0 Å². The highest BCUT2D eigenvalue weighted by Crippen LogP contribution is 2.36. The topological polar surface area (TPSA) is 26.3 Å². The molecule has 0 radical (unpaired) electrons. The van der Waals surface area contributed by atoms with Gasteiger partial charge >= 0.3 is 0 Å². The third-order valence-electron chi connectivity index (χ3n) is 4.03. The van der Waals surface area contributed by atoms with E-state index in [0.29, 0.717) is 17.6 Å². The maximum Gasteiger partial charge on any atom is 0.136 e. The minimum Gasteiger partial charge on any atom is -0.381 e. The van der Waals surface area contributed by atoms with Crippen LogP contribution in [-0.2, 0) is 9.53 Å². The molecule has 0 amide bonds. The summed E-state index contributed by atoms with van der Waals surface area (Å²) in [5.41, 5.74) is 0. The minimum atomic E-state index is 0.331. The van der Waals surface area contributed by atoms with Crippen molar-refractivity contribution < 1.29 is 9.53 Å². The van der Waals surface area contributed by atoms with Gasteiger partial charge in [0.1, 0.15) is 5.78 Å². The number of Topliss-reactive ketones (excluding diaryl/α,β-unsaturated/α-hetero) is 1. The first-order valence-corrected chi connectivity index (χ1v) is 6.41. The fraction of sp³-hybridized carbons (Fsp3) is 0.923. The summed E-state index contributed by atoms with van der Waals surface area (Å²) in [5.74, 6) is 2.19. The van der Waals surface area contributed by atoms with Crippen molar-refractivity contribution in [3.8, 4) is 0 Å². The molecule has 0 aromatic heterocycles. The van der Waals surface area contributed by atoms with E-state index in [1.54, 1.807) is 0 Å². The third-order valence-corrected chi connectivity index (χ3v) is 4.03. The first kappa shape index (κ1) is 11.1. The Morgan fingerprint density at radius 1 is 1.40 bits per heavy atom. The number of ketones is 1. The molecule has 2 heteroatoms. The van der Waals surface area contributed by atoms with Gasteiger partial charge in [0, 0.05) is 18.9 Å². The lowest BCUT2D eigenvalue weighted by Gasteiger charge is -2.31. The monoisotopic (exact) mass is 210 g/mol. The van der Waals surface area contributed by atoms with Crippen LogP contribution in [0.5, 0.6) is 0 Å². The summed E-state index contributed by atoms with van der Waals surface area (Å²) in [6, 6.07) is 0. The molecule has 3 unspecified atom stereocenters. The van der Waals surface area contributed by atoms with E-state index < -0.39 is 0 Å². The van der Waals surface area contributed by atoms with Crippen LogP contribution in [0.25, 0.3) is 0 Å². The van der Waals surface area contributed by atoms with Crippen molar-refractivity contribution in [3.63, 3.8) is 0 Å². The van der Waals surface area contributed by atoms with Crippen LogP contribution in [0, 0.1) is 17.8 Å². The van der Waals surface area contributed by atoms with Crippen LogP contribution in [0.4, 0.5) is 0 Å². The van der Waals surface area contributed by atoms with Crippen LogP contribution < -0.4 is 0 Å². The molecule has 86 valence electrons. The molecular weight excluding hydrogens is 188 g/mol. The Morgan fingerprint density at radius 2 is 2.27 bits per heavy atom. The van der Waals surface area contributed by atoms with Gasteiger partial charge in [0.15, 0.2) is 0 Å². The Labute approximate surface area is 92.4 Å². The highest BCUT2D eigenvalue weighted by molar-refractivity contribution is 5.82. The Hall–Kier alpha value is -0.370. The van der Waals surface area contributed by atoms with Gasteiger partial charge in [0.2, 0.25) is 0 Å². The van der Waals surface area contributed by atoms with E-state index in [-0.39, 0.29) is 0 Å². The fourth-order valence-electron chi connectivity index (χ4n) is 3.14. The molecule has 1 aliphatic carbocycles. The summed E-state index contributed by atoms with van der Waals surface area (Å²) in [6.07, 6.45) is 6.77. The van der Waals surface area contributed by atoms with E-state index in [4.69, 9.17) is 4.74 Å². The van der Waals surface area contributed by atoms with Crippen molar-refractivity contribution in [1.29, 1.82) is 0 Å². The number of ether oxygens (including phenoxy) is 1. The molecule has 1 heterocycles. The van der Waals surface area contributed by atoms with Crippen LogP contribution >= 0.6 is 0 Å². The fourth-order valence-corrected chi connectivity index (χ4v) is 3.14. The summed E-state index contributed by atoms with van der Waals surface area (Å²) in [7, 11) is 0. The van der Waals surface area contributed by atoms with Gasteiger partial charge in [0.05, 0.1) is 6.61 Å². The number of carbonyl (C=O) groups is 1. The van der Waals surface area contributed by atoms with Gasteiger partial charge in [-0.25, -0.2) is 0 Å². The second kappa shape index (κ2) is 5.11. The lowest BCUT2D eigenvalue weighted by Crippen LogP contribution is -2.31. The lowest BCUT2D eigenvalue weighted by atomic mass is 9.73. The van der Waals surface area contributed by atoms with Crippen LogP contribution in [0.15, 0.2) is 0 Å². The quantitative estimate of drug-likeness (QED) is 0.716. The molecule has 15 heavy (non-hydrogen) atoms. The van der Waals surface area contributed by atoms with Crippen LogP contribution in [0.1, 0.15) is 45.4 Å². The molecule has 1 saturated heterocycles. The summed E-state index contributed by atoms with van der Waals surface area (Å²) in [6.45, 7) is 3.94. The summed E-state index contributed by atoms with van der Waals surface area (Å²) in [5, 5.41) is 0. The van der Waals surface area contributed by atoms with Gasteiger partial charge in [-0.05, 0) is 31.1 Å². The molecule has 1 saturated carbocycles. The van der Waals surface area contributed by atoms with E-state index in [2.05, 4.69) is 6.92 Å². The third kappa shape index (κ3) is 2.60. The standard InChI is InChI=1S/C13H22O2/c1-2-3-10-4-5-13(14)12(8-10)11-6-7-15-9-11/h10-12H,2-9H2,1H3. The number of rotatable bonds is 3. The Kier molecular flexibility index (Phi) is 3.79. The van der Waals surface area contributed by atoms with E-state index in [0.717, 1.165) is 44.8 Å². The maximum absolute atomic E-state index is 11.9. The van der Waals surface area contributed by atoms with Gasteiger partial charge in [-0.1, -0.05) is 19.8 Å². The maximum atomic E-state index is 11.9. The average molecular weight is 210 g/mol. The zero-order valence-electron chi connectivity index (χ0n) is 9.71. The molecule has 0 aromatic carbocycles. The molecule has 0 bridgehead atoms. The Balaban J connectivity index is 1.92. The van der Waals surface area contributed by atoms with Crippen molar-refractivity contribution >= 4 is 5.78 Å². The molecule has 2 fully saturated rings. The smallest absolute Gasteiger partial charge is 0.136 e. The van der Waals surface area contributed by atoms with Gasteiger partial charge in [-0.15, -0.1) is 0 Å². The number of carbonyl (C=O) groups excluding carboxylic acids is 1. The average Bonchev–Trinajstić information content (AvgIpc) is 2.74. The molecule has 2 rings (SSSR count). The Bertz CT molecular complexity index is 219. The van der Waals surface area contributed by atoms with E-state index in [1.165, 1.54) is 12.8 Å². The predicted octanol–water partition coefficient (Wildman–Crippen LogP) is 2.81. The second-order valence-electron chi connectivity index (χ2n) is 5.13. The summed E-state index contributed by atoms with van der Waals surface area (Å²) >= 11 is 0. The number of hydrogen-bond acceptors (Lipinski definition) is 2. The molecule has 2 aliphatic rings.